The maximum atomic E-state index is 10.6. The largest absolute Gasteiger partial charge is 0.385 e. The molecule has 1 aromatic heterocycles. The van der Waals surface area contributed by atoms with Crippen LogP contribution in [0.15, 0.2) is 36.5 Å². The molecule has 0 saturated carbocycles. The van der Waals surface area contributed by atoms with Gasteiger partial charge >= 0.3 is 0 Å². The molecule has 2 nitrogen and oxygen atoms in total. The van der Waals surface area contributed by atoms with E-state index in [4.69, 9.17) is 0 Å². The summed E-state index contributed by atoms with van der Waals surface area (Å²) in [4.78, 5) is 4.38. The Balaban J connectivity index is 2.69. The second kappa shape index (κ2) is 4.22. The van der Waals surface area contributed by atoms with Gasteiger partial charge in [0, 0.05) is 17.1 Å². The van der Waals surface area contributed by atoms with Crippen molar-refractivity contribution < 1.29 is 5.11 Å². The summed E-state index contributed by atoms with van der Waals surface area (Å²) < 4.78 is 0. The summed E-state index contributed by atoms with van der Waals surface area (Å²) in [5.41, 5.74) is 1.10. The summed E-state index contributed by atoms with van der Waals surface area (Å²) in [7, 11) is 0. The SMILES string of the molecule is CCC(O)(CC)c1cccc2cccnc12. The Kier molecular flexibility index (Phi) is 2.92. The molecule has 2 heteroatoms. The lowest BCUT2D eigenvalue weighted by Crippen LogP contribution is -2.24. The first-order valence-electron chi connectivity index (χ1n) is 5.78. The first-order valence-corrected chi connectivity index (χ1v) is 5.78. The molecule has 0 bridgehead atoms. The predicted octanol–water partition coefficient (Wildman–Crippen LogP) is 3.24. The van der Waals surface area contributed by atoms with Crippen molar-refractivity contribution >= 4 is 10.9 Å². The first kappa shape index (κ1) is 11.1. The molecule has 0 aliphatic heterocycles. The van der Waals surface area contributed by atoms with Crippen molar-refractivity contribution in [3.05, 3.63) is 42.1 Å². The number of hydrogen-bond acceptors (Lipinski definition) is 2. The van der Waals surface area contributed by atoms with E-state index in [0.717, 1.165) is 16.5 Å². The standard InChI is InChI=1S/C14H17NO/c1-3-14(16,4-2)12-9-5-7-11-8-6-10-15-13(11)12/h5-10,16H,3-4H2,1-2H3. The van der Waals surface area contributed by atoms with Crippen LogP contribution in [0.25, 0.3) is 10.9 Å². The molecule has 84 valence electrons. The smallest absolute Gasteiger partial charge is 0.0912 e. The lowest BCUT2D eigenvalue weighted by Gasteiger charge is -2.26. The van der Waals surface area contributed by atoms with E-state index >= 15 is 0 Å². The molecule has 0 saturated heterocycles. The molecule has 0 radical (unpaired) electrons. The van der Waals surface area contributed by atoms with Gasteiger partial charge in [-0.15, -0.1) is 0 Å². The number of aliphatic hydroxyl groups is 1. The molecule has 2 rings (SSSR count). The molecule has 1 aromatic carbocycles. The van der Waals surface area contributed by atoms with Gasteiger partial charge in [0.25, 0.3) is 0 Å². The topological polar surface area (TPSA) is 33.1 Å². The van der Waals surface area contributed by atoms with Crippen LogP contribution in [0.2, 0.25) is 0 Å². The highest BCUT2D eigenvalue weighted by Crippen LogP contribution is 2.32. The first-order chi connectivity index (χ1) is 7.71. The number of para-hydroxylation sites is 1. The van der Waals surface area contributed by atoms with Gasteiger partial charge in [-0.1, -0.05) is 38.1 Å². The fraction of sp³-hybridized carbons (Fsp3) is 0.357. The maximum Gasteiger partial charge on any atom is 0.0912 e. The third-order valence-corrected chi connectivity index (χ3v) is 3.30. The normalized spacial score (nSPS) is 11.9. The number of pyridine rings is 1. The minimum absolute atomic E-state index is 0.708. The molecular formula is C14H17NO. The van der Waals surface area contributed by atoms with E-state index in [9.17, 15) is 5.11 Å². The zero-order valence-electron chi connectivity index (χ0n) is 9.77. The van der Waals surface area contributed by atoms with Gasteiger partial charge in [0.05, 0.1) is 11.1 Å². The molecule has 0 amide bonds. The minimum atomic E-state index is -0.756. The molecule has 0 aliphatic carbocycles. The molecule has 0 spiro atoms. The van der Waals surface area contributed by atoms with Crippen LogP contribution in [-0.4, -0.2) is 10.1 Å². The van der Waals surface area contributed by atoms with Crippen LogP contribution in [-0.2, 0) is 5.60 Å². The van der Waals surface area contributed by atoms with E-state index < -0.39 is 5.60 Å². The fourth-order valence-electron chi connectivity index (χ4n) is 2.11. The number of nitrogens with zero attached hydrogens (tertiary/aromatic N) is 1. The summed E-state index contributed by atoms with van der Waals surface area (Å²) in [6.07, 6.45) is 3.19. The summed E-state index contributed by atoms with van der Waals surface area (Å²) in [6.45, 7) is 4.01. The van der Waals surface area contributed by atoms with Gasteiger partial charge in [0.2, 0.25) is 0 Å². The van der Waals surface area contributed by atoms with Crippen molar-refractivity contribution in [2.75, 3.05) is 0 Å². The minimum Gasteiger partial charge on any atom is -0.385 e. The average Bonchev–Trinajstić information content (AvgIpc) is 2.37. The molecule has 0 unspecified atom stereocenters. The van der Waals surface area contributed by atoms with Gasteiger partial charge in [-0.05, 0) is 18.9 Å². The average molecular weight is 215 g/mol. The number of benzene rings is 1. The van der Waals surface area contributed by atoms with Crippen molar-refractivity contribution in [3.8, 4) is 0 Å². The maximum absolute atomic E-state index is 10.6. The van der Waals surface area contributed by atoms with E-state index in [1.807, 2.05) is 44.2 Å². The van der Waals surface area contributed by atoms with E-state index in [1.54, 1.807) is 6.20 Å². The van der Waals surface area contributed by atoms with Gasteiger partial charge in [0.1, 0.15) is 0 Å². The van der Waals surface area contributed by atoms with Crippen molar-refractivity contribution in [2.45, 2.75) is 32.3 Å². The van der Waals surface area contributed by atoms with Gasteiger partial charge in [-0.2, -0.15) is 0 Å². The van der Waals surface area contributed by atoms with E-state index in [2.05, 4.69) is 4.98 Å². The summed E-state index contributed by atoms with van der Waals surface area (Å²) >= 11 is 0. The van der Waals surface area contributed by atoms with Crippen LogP contribution in [0.3, 0.4) is 0 Å². The number of hydrogen-bond donors (Lipinski definition) is 1. The number of rotatable bonds is 3. The Bertz CT molecular complexity index is 484. The van der Waals surface area contributed by atoms with Gasteiger partial charge < -0.3 is 5.11 Å². The van der Waals surface area contributed by atoms with Gasteiger partial charge in [-0.25, -0.2) is 0 Å². The van der Waals surface area contributed by atoms with E-state index in [-0.39, 0.29) is 0 Å². The molecule has 0 aliphatic rings. The molecular weight excluding hydrogens is 198 g/mol. The molecule has 16 heavy (non-hydrogen) atoms. The second-order valence-electron chi connectivity index (χ2n) is 4.12. The summed E-state index contributed by atoms with van der Waals surface area (Å²) in [5, 5.41) is 11.6. The molecule has 0 fully saturated rings. The highest BCUT2D eigenvalue weighted by atomic mass is 16.3. The third-order valence-electron chi connectivity index (χ3n) is 3.30. The van der Waals surface area contributed by atoms with Crippen molar-refractivity contribution in [2.24, 2.45) is 0 Å². The Morgan fingerprint density at radius 2 is 1.81 bits per heavy atom. The second-order valence-corrected chi connectivity index (χ2v) is 4.12. The monoisotopic (exact) mass is 215 g/mol. The van der Waals surface area contributed by atoms with Crippen LogP contribution in [0.4, 0.5) is 0 Å². The lowest BCUT2D eigenvalue weighted by molar-refractivity contribution is 0.0297. The summed E-state index contributed by atoms with van der Waals surface area (Å²) in [5.74, 6) is 0. The Morgan fingerprint density at radius 1 is 1.12 bits per heavy atom. The van der Waals surface area contributed by atoms with Crippen LogP contribution in [0.5, 0.6) is 0 Å². The molecule has 1 N–H and O–H groups in total. The van der Waals surface area contributed by atoms with Crippen LogP contribution >= 0.6 is 0 Å². The molecule has 0 atom stereocenters. The quantitative estimate of drug-likeness (QED) is 0.852. The highest BCUT2D eigenvalue weighted by molar-refractivity contribution is 5.82. The highest BCUT2D eigenvalue weighted by Gasteiger charge is 2.26. The van der Waals surface area contributed by atoms with Gasteiger partial charge in [-0.3, -0.25) is 4.98 Å². The summed E-state index contributed by atoms with van der Waals surface area (Å²) in [6, 6.07) is 9.93. The van der Waals surface area contributed by atoms with Crippen LogP contribution in [0, 0.1) is 0 Å². The number of fused-ring (bicyclic) bond motifs is 1. The fourth-order valence-corrected chi connectivity index (χ4v) is 2.11. The van der Waals surface area contributed by atoms with E-state index in [1.165, 1.54) is 0 Å². The van der Waals surface area contributed by atoms with Gasteiger partial charge in [0.15, 0.2) is 0 Å². The van der Waals surface area contributed by atoms with Crippen molar-refractivity contribution in [1.82, 2.24) is 4.98 Å². The molecule has 1 heterocycles. The van der Waals surface area contributed by atoms with E-state index in [0.29, 0.717) is 12.8 Å². The zero-order chi connectivity index (χ0) is 11.6. The predicted molar refractivity (Wildman–Crippen MR) is 66.2 cm³/mol. The van der Waals surface area contributed by atoms with Crippen LogP contribution in [0.1, 0.15) is 32.3 Å². The Morgan fingerprint density at radius 3 is 2.50 bits per heavy atom. The van der Waals surface area contributed by atoms with Crippen molar-refractivity contribution in [1.29, 1.82) is 0 Å². The zero-order valence-corrected chi connectivity index (χ0v) is 9.77. The van der Waals surface area contributed by atoms with Crippen LogP contribution < -0.4 is 0 Å². The lowest BCUT2D eigenvalue weighted by atomic mass is 9.87. The van der Waals surface area contributed by atoms with Crippen molar-refractivity contribution in [3.63, 3.8) is 0 Å². The Hall–Kier alpha value is -1.41. The molecule has 2 aromatic rings. The third kappa shape index (κ3) is 1.69. The Labute approximate surface area is 96.0 Å². The number of aromatic nitrogens is 1.